The van der Waals surface area contributed by atoms with Crippen LogP contribution < -0.4 is 10.2 Å². The summed E-state index contributed by atoms with van der Waals surface area (Å²) in [5.74, 6) is 0.138. The molecular weight excluding hydrogens is 442 g/mol. The van der Waals surface area contributed by atoms with Gasteiger partial charge in [-0.2, -0.15) is 4.58 Å². The summed E-state index contributed by atoms with van der Waals surface area (Å²) in [6, 6.07) is 17.5. The molecule has 190 valence electrons. The number of unbranched alkanes of at least 4 members (excludes halogenated alkanes) is 3. The number of benzene rings is 2. The van der Waals surface area contributed by atoms with Gasteiger partial charge in [-0.15, -0.1) is 0 Å². The molecule has 0 unspecified atom stereocenters. The molecule has 4 nitrogen and oxygen atoms in total. The van der Waals surface area contributed by atoms with Gasteiger partial charge in [0.15, 0.2) is 5.71 Å². The molecule has 0 aromatic heterocycles. The second kappa shape index (κ2) is 10.5. The van der Waals surface area contributed by atoms with Gasteiger partial charge < -0.3 is 10.2 Å². The van der Waals surface area contributed by atoms with Gasteiger partial charge >= 0.3 is 0 Å². The van der Waals surface area contributed by atoms with Crippen molar-refractivity contribution < 1.29 is 9.37 Å². The molecule has 2 aromatic rings. The van der Waals surface area contributed by atoms with Gasteiger partial charge in [0.2, 0.25) is 11.6 Å². The lowest BCUT2D eigenvalue weighted by molar-refractivity contribution is -0.401. The first-order valence-corrected chi connectivity index (χ1v) is 13.4. The molecule has 0 atom stereocenters. The maximum Gasteiger partial charge on any atom is 0.219 e. The summed E-state index contributed by atoms with van der Waals surface area (Å²) in [6.45, 7) is 10.3. The second-order valence-corrected chi connectivity index (χ2v) is 11.1. The number of para-hydroxylation sites is 2. The van der Waals surface area contributed by atoms with Crippen LogP contribution in [0, 0.1) is 0 Å². The Morgan fingerprint density at radius 1 is 0.917 bits per heavy atom. The summed E-state index contributed by atoms with van der Waals surface area (Å²) < 4.78 is 2.33. The summed E-state index contributed by atoms with van der Waals surface area (Å²) in [6.07, 6.45) is 11.8. The van der Waals surface area contributed by atoms with Gasteiger partial charge in [-0.25, -0.2) is 0 Å². The maximum atomic E-state index is 11.5. The number of nitrogens with one attached hydrogen (secondary N) is 1. The number of nitrogens with zero attached hydrogens (tertiary/aromatic N) is 2. The second-order valence-electron chi connectivity index (χ2n) is 11.1. The summed E-state index contributed by atoms with van der Waals surface area (Å²) in [5.41, 5.74) is 7.98. The molecule has 0 saturated carbocycles. The molecule has 0 fully saturated rings. The highest BCUT2D eigenvalue weighted by Gasteiger charge is 2.43. The van der Waals surface area contributed by atoms with Crippen molar-refractivity contribution in [3.8, 4) is 0 Å². The number of amides is 1. The van der Waals surface area contributed by atoms with Crippen LogP contribution in [0.25, 0.3) is 0 Å². The molecule has 4 rings (SSSR count). The van der Waals surface area contributed by atoms with Crippen LogP contribution in [-0.2, 0) is 15.6 Å². The number of carbonyl (C=O) groups is 1. The lowest BCUT2D eigenvalue weighted by Crippen LogP contribution is -2.27. The molecule has 0 spiro atoms. The molecule has 2 heterocycles. The normalized spacial score (nSPS) is 18.7. The van der Waals surface area contributed by atoms with E-state index in [-0.39, 0.29) is 16.7 Å². The Morgan fingerprint density at radius 3 is 2.31 bits per heavy atom. The van der Waals surface area contributed by atoms with E-state index in [1.165, 1.54) is 33.9 Å². The number of anilines is 1. The van der Waals surface area contributed by atoms with E-state index in [0.717, 1.165) is 32.2 Å². The summed E-state index contributed by atoms with van der Waals surface area (Å²) >= 11 is 0. The molecule has 0 aliphatic carbocycles. The number of fused-ring (bicyclic) bond motifs is 2. The van der Waals surface area contributed by atoms with E-state index in [0.29, 0.717) is 6.42 Å². The van der Waals surface area contributed by atoms with Crippen LogP contribution in [0.4, 0.5) is 11.4 Å². The number of carbonyl (C=O) groups excluding carboxylic acids is 1. The van der Waals surface area contributed by atoms with Crippen LogP contribution in [0.1, 0.15) is 70.9 Å². The molecule has 2 aromatic carbocycles. The van der Waals surface area contributed by atoms with Crippen molar-refractivity contribution in [3.05, 3.63) is 83.6 Å². The monoisotopic (exact) mass is 484 g/mol. The van der Waals surface area contributed by atoms with Crippen molar-refractivity contribution in [2.24, 2.45) is 0 Å². The van der Waals surface area contributed by atoms with Crippen LogP contribution in [-0.4, -0.2) is 36.8 Å². The first-order valence-electron chi connectivity index (χ1n) is 13.4. The summed E-state index contributed by atoms with van der Waals surface area (Å²) in [4.78, 5) is 14.0. The molecule has 0 bridgehead atoms. The smallest absolute Gasteiger partial charge is 0.219 e. The van der Waals surface area contributed by atoms with E-state index in [2.05, 4.69) is 116 Å². The zero-order valence-electron chi connectivity index (χ0n) is 22.9. The number of allylic oxidation sites excluding steroid dienone is 4. The van der Waals surface area contributed by atoms with Crippen LogP contribution in [0.2, 0.25) is 0 Å². The fourth-order valence-corrected chi connectivity index (χ4v) is 5.95. The van der Waals surface area contributed by atoms with E-state index in [4.69, 9.17) is 0 Å². The third-order valence-corrected chi connectivity index (χ3v) is 8.06. The highest BCUT2D eigenvalue weighted by Crippen LogP contribution is 2.47. The SMILES string of the molecule is CNC(=O)CCCCCCN1/C(=C/C=C/C2=[N+](C)c3ccccc3C2(C)C)C(C)(C)c2ccccc21. The largest absolute Gasteiger partial charge is 0.359 e. The average Bonchev–Trinajstić information content (AvgIpc) is 3.20. The Kier molecular flexibility index (Phi) is 7.54. The molecule has 2 aliphatic heterocycles. The molecular formula is C32H42N3O+. The first-order chi connectivity index (χ1) is 17.2. The quantitative estimate of drug-likeness (QED) is 0.320. The van der Waals surface area contributed by atoms with Gasteiger partial charge in [-0.3, -0.25) is 4.79 Å². The highest BCUT2D eigenvalue weighted by molar-refractivity contribution is 6.03. The van der Waals surface area contributed by atoms with Crippen LogP contribution in [0.3, 0.4) is 0 Å². The van der Waals surface area contributed by atoms with Crippen molar-refractivity contribution in [3.63, 3.8) is 0 Å². The standard InChI is InChI=1S/C32H41N3O/c1-31(2)24-16-10-12-18-26(24)34(6)28(31)20-15-21-29-32(3,4)25-17-11-13-19-27(25)35(29)23-14-8-7-9-22-30(36)33-5/h10-13,15-21H,7-9,14,22-23H2,1-6H3/p+1. The van der Waals surface area contributed by atoms with Gasteiger partial charge in [0.05, 0.1) is 5.41 Å². The topological polar surface area (TPSA) is 35.4 Å². The molecule has 0 radical (unpaired) electrons. The summed E-state index contributed by atoms with van der Waals surface area (Å²) in [7, 11) is 3.88. The zero-order chi connectivity index (χ0) is 25.9. The van der Waals surface area contributed by atoms with Gasteiger partial charge in [0.1, 0.15) is 7.05 Å². The molecule has 4 heteroatoms. The van der Waals surface area contributed by atoms with Crippen LogP contribution in [0.5, 0.6) is 0 Å². The third kappa shape index (κ3) is 4.78. The molecule has 36 heavy (non-hydrogen) atoms. The Balaban J connectivity index is 1.54. The van der Waals surface area contributed by atoms with Crippen molar-refractivity contribution in [2.75, 3.05) is 25.5 Å². The van der Waals surface area contributed by atoms with E-state index < -0.39 is 0 Å². The average molecular weight is 485 g/mol. The third-order valence-electron chi connectivity index (χ3n) is 8.06. The van der Waals surface area contributed by atoms with E-state index in [1.54, 1.807) is 7.05 Å². The van der Waals surface area contributed by atoms with E-state index >= 15 is 0 Å². The molecule has 0 saturated heterocycles. The number of hydrogen-bond acceptors (Lipinski definition) is 2. The van der Waals surface area contributed by atoms with Crippen LogP contribution in [0.15, 0.2) is 72.5 Å². The Hall–Kier alpha value is -3.14. The Morgan fingerprint density at radius 2 is 1.58 bits per heavy atom. The van der Waals surface area contributed by atoms with Crippen molar-refractivity contribution in [1.29, 1.82) is 0 Å². The van der Waals surface area contributed by atoms with Gasteiger partial charge in [0, 0.05) is 54.5 Å². The van der Waals surface area contributed by atoms with Gasteiger partial charge in [0.25, 0.3) is 0 Å². The highest BCUT2D eigenvalue weighted by atomic mass is 16.1. The number of hydrogen-bond donors (Lipinski definition) is 1. The van der Waals surface area contributed by atoms with Gasteiger partial charge in [-0.05, 0) is 44.4 Å². The maximum absolute atomic E-state index is 11.5. The minimum absolute atomic E-state index is 0.0249. The number of rotatable bonds is 9. The van der Waals surface area contributed by atoms with Crippen LogP contribution >= 0.6 is 0 Å². The minimum atomic E-state index is -0.0507. The fourth-order valence-electron chi connectivity index (χ4n) is 5.95. The Bertz CT molecular complexity index is 1220. The Labute approximate surface area is 217 Å². The minimum Gasteiger partial charge on any atom is -0.359 e. The van der Waals surface area contributed by atoms with Crippen molar-refractivity contribution >= 4 is 23.0 Å². The molecule has 1 amide bonds. The first kappa shape index (κ1) is 25.9. The van der Waals surface area contributed by atoms with E-state index in [9.17, 15) is 4.79 Å². The molecule has 2 aliphatic rings. The predicted octanol–water partition coefficient (Wildman–Crippen LogP) is 6.63. The lowest BCUT2D eigenvalue weighted by atomic mass is 9.81. The lowest BCUT2D eigenvalue weighted by Gasteiger charge is -2.27. The fraction of sp³-hybridized carbons (Fsp3) is 0.438. The van der Waals surface area contributed by atoms with E-state index in [1.807, 2.05) is 0 Å². The molecule has 1 N–H and O–H groups in total. The van der Waals surface area contributed by atoms with Crippen molar-refractivity contribution in [2.45, 2.75) is 70.6 Å². The predicted molar refractivity (Wildman–Crippen MR) is 152 cm³/mol. The summed E-state index contributed by atoms with van der Waals surface area (Å²) in [5, 5.41) is 2.71. The zero-order valence-corrected chi connectivity index (χ0v) is 22.9. The van der Waals surface area contributed by atoms with Crippen molar-refractivity contribution in [1.82, 2.24) is 5.32 Å². The van der Waals surface area contributed by atoms with Gasteiger partial charge in [-0.1, -0.05) is 69.2 Å².